The second-order valence-electron chi connectivity index (χ2n) is 4.41. The van der Waals surface area contributed by atoms with Crippen LogP contribution in [0.3, 0.4) is 0 Å². The van der Waals surface area contributed by atoms with Crippen LogP contribution in [0.4, 0.5) is 4.39 Å². The molecule has 0 aliphatic heterocycles. The molecule has 0 aromatic heterocycles. The molecular formula is C14H14FNO. The van der Waals surface area contributed by atoms with Gasteiger partial charge in [-0.15, -0.1) is 0 Å². The molecule has 1 aliphatic carbocycles. The van der Waals surface area contributed by atoms with E-state index in [9.17, 15) is 9.18 Å². The standard InChI is InChI=1S/C14H14FNO/c1-14(10-5-7-11(15)8-6-10)9-3-2-4-12(14)13(16)17/h2-9,12H,1H3,(H2,16,17). The molecule has 2 N–H and O–H groups in total. The molecule has 1 aliphatic rings. The number of halogens is 1. The largest absolute Gasteiger partial charge is 0.369 e. The summed E-state index contributed by atoms with van der Waals surface area (Å²) in [7, 11) is 0. The van der Waals surface area contributed by atoms with Crippen LogP contribution in [-0.2, 0) is 10.2 Å². The molecule has 1 aromatic carbocycles. The Labute approximate surface area is 99.6 Å². The van der Waals surface area contributed by atoms with E-state index in [0.717, 1.165) is 5.56 Å². The third kappa shape index (κ3) is 2.00. The molecule has 0 bridgehead atoms. The minimum absolute atomic E-state index is 0.289. The Kier molecular flexibility index (Phi) is 2.84. The maximum Gasteiger partial charge on any atom is 0.225 e. The van der Waals surface area contributed by atoms with Gasteiger partial charge in [-0.3, -0.25) is 4.79 Å². The highest BCUT2D eigenvalue weighted by molar-refractivity contribution is 5.81. The highest BCUT2D eigenvalue weighted by atomic mass is 19.1. The molecule has 2 nitrogen and oxygen atoms in total. The molecule has 0 saturated heterocycles. The zero-order chi connectivity index (χ0) is 12.5. The lowest BCUT2D eigenvalue weighted by atomic mass is 9.69. The van der Waals surface area contributed by atoms with E-state index < -0.39 is 11.3 Å². The Balaban J connectivity index is 2.46. The van der Waals surface area contributed by atoms with E-state index in [1.54, 1.807) is 24.3 Å². The zero-order valence-electron chi connectivity index (χ0n) is 9.56. The topological polar surface area (TPSA) is 43.1 Å². The van der Waals surface area contributed by atoms with Gasteiger partial charge in [-0.1, -0.05) is 43.4 Å². The lowest BCUT2D eigenvalue weighted by Crippen LogP contribution is -2.39. The molecule has 0 radical (unpaired) electrons. The maximum atomic E-state index is 12.9. The fourth-order valence-electron chi connectivity index (χ4n) is 2.21. The Morgan fingerprint density at radius 2 is 1.94 bits per heavy atom. The average molecular weight is 231 g/mol. The fraction of sp³-hybridized carbons (Fsp3) is 0.214. The summed E-state index contributed by atoms with van der Waals surface area (Å²) < 4.78 is 12.9. The Hall–Kier alpha value is -1.90. The number of hydrogen-bond acceptors (Lipinski definition) is 1. The van der Waals surface area contributed by atoms with Crippen LogP contribution in [0.5, 0.6) is 0 Å². The van der Waals surface area contributed by atoms with Gasteiger partial charge in [-0.05, 0) is 17.7 Å². The van der Waals surface area contributed by atoms with E-state index in [1.807, 2.05) is 19.1 Å². The first kappa shape index (κ1) is 11.6. The Bertz CT molecular complexity index is 489. The summed E-state index contributed by atoms with van der Waals surface area (Å²) in [5.74, 6) is -1.07. The molecule has 0 spiro atoms. The summed E-state index contributed by atoms with van der Waals surface area (Å²) in [6.07, 6.45) is 7.39. The van der Waals surface area contributed by atoms with Crippen LogP contribution in [-0.4, -0.2) is 5.91 Å². The zero-order valence-corrected chi connectivity index (χ0v) is 9.56. The number of allylic oxidation sites excluding steroid dienone is 3. The molecule has 88 valence electrons. The molecule has 1 aromatic rings. The van der Waals surface area contributed by atoms with Gasteiger partial charge in [0.15, 0.2) is 0 Å². The van der Waals surface area contributed by atoms with Crippen molar-refractivity contribution in [2.75, 3.05) is 0 Å². The predicted molar refractivity (Wildman–Crippen MR) is 64.7 cm³/mol. The predicted octanol–water partition coefficient (Wildman–Crippen LogP) is 2.31. The van der Waals surface area contributed by atoms with Crippen molar-refractivity contribution in [2.24, 2.45) is 11.7 Å². The van der Waals surface area contributed by atoms with Gasteiger partial charge in [0.2, 0.25) is 5.91 Å². The van der Waals surface area contributed by atoms with Crippen molar-refractivity contribution >= 4 is 5.91 Å². The molecule has 1 amide bonds. The van der Waals surface area contributed by atoms with Crippen molar-refractivity contribution in [1.82, 2.24) is 0 Å². The van der Waals surface area contributed by atoms with Gasteiger partial charge in [-0.2, -0.15) is 0 Å². The van der Waals surface area contributed by atoms with Gasteiger partial charge >= 0.3 is 0 Å². The average Bonchev–Trinajstić information content (AvgIpc) is 2.29. The SMILES string of the molecule is CC1(c2ccc(F)cc2)C=CC=CC1C(N)=O. The van der Waals surface area contributed by atoms with Gasteiger partial charge in [0.1, 0.15) is 5.82 Å². The monoisotopic (exact) mass is 231 g/mol. The highest BCUT2D eigenvalue weighted by Crippen LogP contribution is 2.36. The van der Waals surface area contributed by atoms with Crippen LogP contribution in [0.15, 0.2) is 48.6 Å². The van der Waals surface area contributed by atoms with Crippen LogP contribution in [0.1, 0.15) is 12.5 Å². The van der Waals surface area contributed by atoms with E-state index in [2.05, 4.69) is 0 Å². The summed E-state index contributed by atoms with van der Waals surface area (Å²) >= 11 is 0. The van der Waals surface area contributed by atoms with Crippen molar-refractivity contribution in [3.8, 4) is 0 Å². The summed E-state index contributed by atoms with van der Waals surface area (Å²) in [6, 6.07) is 6.17. The van der Waals surface area contributed by atoms with Crippen LogP contribution in [0, 0.1) is 11.7 Å². The smallest absolute Gasteiger partial charge is 0.225 e. The number of carbonyl (C=O) groups excluding carboxylic acids is 1. The van der Waals surface area contributed by atoms with Gasteiger partial charge in [-0.25, -0.2) is 4.39 Å². The van der Waals surface area contributed by atoms with Crippen molar-refractivity contribution < 1.29 is 9.18 Å². The van der Waals surface area contributed by atoms with Crippen molar-refractivity contribution in [3.05, 3.63) is 60.0 Å². The number of nitrogens with two attached hydrogens (primary N) is 1. The maximum absolute atomic E-state index is 12.9. The van der Waals surface area contributed by atoms with E-state index in [-0.39, 0.29) is 11.7 Å². The molecule has 2 atom stereocenters. The van der Waals surface area contributed by atoms with E-state index >= 15 is 0 Å². The normalized spacial score (nSPS) is 27.1. The van der Waals surface area contributed by atoms with Gasteiger partial charge in [0.25, 0.3) is 0 Å². The summed E-state index contributed by atoms with van der Waals surface area (Å²) in [4.78, 5) is 11.5. The van der Waals surface area contributed by atoms with Gasteiger partial charge < -0.3 is 5.73 Å². The second kappa shape index (κ2) is 4.17. The van der Waals surface area contributed by atoms with E-state index in [0.29, 0.717) is 0 Å². The van der Waals surface area contributed by atoms with Crippen LogP contribution >= 0.6 is 0 Å². The molecule has 3 heteroatoms. The molecule has 17 heavy (non-hydrogen) atoms. The minimum Gasteiger partial charge on any atom is -0.369 e. The minimum atomic E-state index is -0.506. The molecule has 0 heterocycles. The molecule has 2 unspecified atom stereocenters. The Morgan fingerprint density at radius 3 is 2.53 bits per heavy atom. The van der Waals surface area contributed by atoms with Crippen molar-refractivity contribution in [1.29, 1.82) is 0 Å². The first-order valence-corrected chi connectivity index (χ1v) is 5.45. The van der Waals surface area contributed by atoms with Crippen LogP contribution in [0.25, 0.3) is 0 Å². The van der Waals surface area contributed by atoms with Crippen LogP contribution in [0.2, 0.25) is 0 Å². The highest BCUT2D eigenvalue weighted by Gasteiger charge is 2.36. The van der Waals surface area contributed by atoms with Crippen LogP contribution < -0.4 is 5.73 Å². The lowest BCUT2D eigenvalue weighted by Gasteiger charge is -2.33. The quantitative estimate of drug-likeness (QED) is 0.833. The number of benzene rings is 1. The third-order valence-electron chi connectivity index (χ3n) is 3.28. The molecule has 0 saturated carbocycles. The second-order valence-corrected chi connectivity index (χ2v) is 4.41. The van der Waals surface area contributed by atoms with Crippen molar-refractivity contribution in [2.45, 2.75) is 12.3 Å². The molecule has 2 rings (SSSR count). The first-order valence-electron chi connectivity index (χ1n) is 5.45. The molecule has 0 fully saturated rings. The third-order valence-corrected chi connectivity index (χ3v) is 3.28. The number of hydrogen-bond donors (Lipinski definition) is 1. The van der Waals surface area contributed by atoms with E-state index in [4.69, 9.17) is 5.73 Å². The van der Waals surface area contributed by atoms with Gasteiger partial charge in [0, 0.05) is 5.41 Å². The van der Waals surface area contributed by atoms with E-state index in [1.165, 1.54) is 12.1 Å². The Morgan fingerprint density at radius 1 is 1.29 bits per heavy atom. The number of primary amides is 1. The fourth-order valence-corrected chi connectivity index (χ4v) is 2.21. The van der Waals surface area contributed by atoms with Gasteiger partial charge in [0.05, 0.1) is 5.92 Å². The number of carbonyl (C=O) groups is 1. The van der Waals surface area contributed by atoms with Crippen molar-refractivity contribution in [3.63, 3.8) is 0 Å². The number of rotatable bonds is 2. The summed E-state index contributed by atoms with van der Waals surface area (Å²) in [5.41, 5.74) is 5.78. The number of amides is 1. The summed E-state index contributed by atoms with van der Waals surface area (Å²) in [5, 5.41) is 0. The lowest BCUT2D eigenvalue weighted by molar-refractivity contribution is -0.121. The molecular weight excluding hydrogens is 217 g/mol. The first-order chi connectivity index (χ1) is 8.04. The summed E-state index contributed by atoms with van der Waals surface area (Å²) in [6.45, 7) is 1.93.